The molecule has 0 heterocycles. The van der Waals surface area contributed by atoms with Gasteiger partial charge in [0.05, 0.1) is 0 Å². The van der Waals surface area contributed by atoms with Crippen molar-refractivity contribution in [2.24, 2.45) is 0 Å². The highest BCUT2D eigenvalue weighted by atomic mass is 16.2. The molecule has 0 spiro atoms. The SMILES string of the molecule is C=C(C)C(=O)NC.C=CC(=O)NC.CNC.CNC. The fourth-order valence-corrected chi connectivity index (χ4v) is 0.315. The molecule has 0 saturated carbocycles. The lowest BCUT2D eigenvalue weighted by Crippen LogP contribution is -2.17. The average Bonchev–Trinajstić information content (AvgIpc) is 2.39. The van der Waals surface area contributed by atoms with E-state index >= 15 is 0 Å². The van der Waals surface area contributed by atoms with Gasteiger partial charge in [-0.1, -0.05) is 13.2 Å². The van der Waals surface area contributed by atoms with E-state index in [-0.39, 0.29) is 11.8 Å². The van der Waals surface area contributed by atoms with Crippen molar-refractivity contribution >= 4 is 11.8 Å². The molecule has 114 valence electrons. The molecule has 0 aromatic carbocycles. The summed E-state index contributed by atoms with van der Waals surface area (Å²) < 4.78 is 0. The Hall–Kier alpha value is -1.66. The molecule has 6 nitrogen and oxygen atoms in total. The Morgan fingerprint density at radius 1 is 0.895 bits per heavy atom. The zero-order chi connectivity index (χ0) is 16.3. The van der Waals surface area contributed by atoms with Gasteiger partial charge in [0, 0.05) is 19.7 Å². The van der Waals surface area contributed by atoms with E-state index in [1.165, 1.54) is 6.08 Å². The summed E-state index contributed by atoms with van der Waals surface area (Å²) >= 11 is 0. The van der Waals surface area contributed by atoms with Crippen molar-refractivity contribution in [1.29, 1.82) is 0 Å². The van der Waals surface area contributed by atoms with Gasteiger partial charge in [-0.25, -0.2) is 0 Å². The van der Waals surface area contributed by atoms with Crippen LogP contribution in [-0.2, 0) is 9.59 Å². The smallest absolute Gasteiger partial charge is 0.246 e. The molecule has 0 aliphatic carbocycles. The van der Waals surface area contributed by atoms with Crippen LogP contribution in [0.3, 0.4) is 0 Å². The van der Waals surface area contributed by atoms with Gasteiger partial charge in [-0.2, -0.15) is 0 Å². The fourth-order valence-electron chi connectivity index (χ4n) is 0.315. The minimum Gasteiger partial charge on any atom is -0.356 e. The van der Waals surface area contributed by atoms with E-state index in [0.717, 1.165) is 0 Å². The van der Waals surface area contributed by atoms with Gasteiger partial charge in [-0.15, -0.1) is 0 Å². The number of carbonyl (C=O) groups is 2. The monoisotopic (exact) mass is 274 g/mol. The number of hydrogen-bond donors (Lipinski definition) is 4. The first-order chi connectivity index (χ1) is 8.82. The number of hydrogen-bond acceptors (Lipinski definition) is 4. The number of carbonyl (C=O) groups excluding carboxylic acids is 2. The van der Waals surface area contributed by atoms with Gasteiger partial charge in [0.2, 0.25) is 11.8 Å². The Morgan fingerprint density at radius 2 is 1.21 bits per heavy atom. The molecule has 0 atom stereocenters. The van der Waals surface area contributed by atoms with Gasteiger partial charge in [-0.3, -0.25) is 9.59 Å². The van der Waals surface area contributed by atoms with Crippen molar-refractivity contribution in [1.82, 2.24) is 21.3 Å². The summed E-state index contributed by atoms with van der Waals surface area (Å²) in [4.78, 5) is 20.3. The van der Waals surface area contributed by atoms with Crippen LogP contribution in [0.4, 0.5) is 0 Å². The molecule has 0 aromatic rings. The van der Waals surface area contributed by atoms with Crippen LogP contribution in [-0.4, -0.2) is 54.1 Å². The largest absolute Gasteiger partial charge is 0.356 e. The van der Waals surface area contributed by atoms with Crippen molar-refractivity contribution in [3.8, 4) is 0 Å². The molecule has 0 radical (unpaired) electrons. The molecule has 19 heavy (non-hydrogen) atoms. The summed E-state index contributed by atoms with van der Waals surface area (Å²) in [5.74, 6) is -0.241. The second-order valence-electron chi connectivity index (χ2n) is 3.18. The van der Waals surface area contributed by atoms with Gasteiger partial charge in [0.15, 0.2) is 0 Å². The third kappa shape index (κ3) is 48.3. The average molecular weight is 274 g/mol. The molecule has 0 saturated heterocycles. The Kier molecular flexibility index (Phi) is 34.6. The van der Waals surface area contributed by atoms with E-state index in [9.17, 15) is 9.59 Å². The quantitative estimate of drug-likeness (QED) is 0.530. The molecule has 6 heteroatoms. The van der Waals surface area contributed by atoms with E-state index in [2.05, 4.69) is 34.4 Å². The van der Waals surface area contributed by atoms with Crippen LogP contribution in [0.1, 0.15) is 6.92 Å². The molecule has 0 fully saturated rings. The van der Waals surface area contributed by atoms with E-state index in [0.29, 0.717) is 5.57 Å². The lowest BCUT2D eigenvalue weighted by Gasteiger charge is -1.91. The molecule has 2 amide bonds. The molecule has 0 aromatic heterocycles. The maximum absolute atomic E-state index is 10.3. The highest BCUT2D eigenvalue weighted by Crippen LogP contribution is 1.81. The Morgan fingerprint density at radius 3 is 1.21 bits per heavy atom. The minimum absolute atomic E-state index is 0.0972. The van der Waals surface area contributed by atoms with Crippen LogP contribution in [0.2, 0.25) is 0 Å². The first kappa shape index (κ1) is 26.0. The number of amides is 2. The number of rotatable bonds is 2. The molecule has 0 bridgehead atoms. The van der Waals surface area contributed by atoms with Crippen LogP contribution >= 0.6 is 0 Å². The Labute approximate surface area is 117 Å². The minimum atomic E-state index is -0.144. The summed E-state index contributed by atoms with van der Waals surface area (Å²) in [7, 11) is 10.6. The predicted octanol–water partition coefficient (Wildman–Crippen LogP) is -0.102. The standard InChI is InChI=1S/C5H9NO.C4H7NO.2C2H7N/c1-4(2)5(7)6-3;1-3-4(6)5-2;2*1-3-2/h1H2,2-3H3,(H,6,7);3H,1H2,2H3,(H,5,6);2*3H,1-2H3. The maximum atomic E-state index is 10.3. The van der Waals surface area contributed by atoms with E-state index in [1.807, 2.05) is 28.2 Å². The van der Waals surface area contributed by atoms with E-state index in [1.54, 1.807) is 21.0 Å². The Bertz CT molecular complexity index is 239. The topological polar surface area (TPSA) is 82.3 Å². The van der Waals surface area contributed by atoms with Crippen molar-refractivity contribution in [2.45, 2.75) is 6.92 Å². The molecule has 0 rings (SSSR count). The van der Waals surface area contributed by atoms with Crippen molar-refractivity contribution in [3.63, 3.8) is 0 Å². The second kappa shape index (κ2) is 25.3. The van der Waals surface area contributed by atoms with Crippen LogP contribution < -0.4 is 21.3 Å². The fraction of sp³-hybridized carbons (Fsp3) is 0.538. The molecular weight excluding hydrogens is 244 g/mol. The molecular formula is C13H30N4O2. The lowest BCUT2D eigenvalue weighted by atomic mass is 10.3. The number of likely N-dealkylation sites (N-methyl/N-ethyl adjacent to an activating group) is 2. The zero-order valence-corrected chi connectivity index (χ0v) is 13.3. The van der Waals surface area contributed by atoms with Gasteiger partial charge in [-0.05, 0) is 41.2 Å². The molecule has 0 unspecified atom stereocenters. The van der Waals surface area contributed by atoms with Crippen LogP contribution in [0, 0.1) is 0 Å². The lowest BCUT2D eigenvalue weighted by molar-refractivity contribution is -0.117. The normalized spacial score (nSPS) is 6.89. The predicted molar refractivity (Wildman–Crippen MR) is 83.1 cm³/mol. The zero-order valence-electron chi connectivity index (χ0n) is 13.3. The van der Waals surface area contributed by atoms with Crippen molar-refractivity contribution in [2.75, 3.05) is 42.3 Å². The highest BCUT2D eigenvalue weighted by Gasteiger charge is 1.92. The summed E-state index contributed by atoms with van der Waals surface area (Å²) in [5.41, 5.74) is 0.544. The summed E-state index contributed by atoms with van der Waals surface area (Å²) in [6, 6.07) is 0. The van der Waals surface area contributed by atoms with Gasteiger partial charge in [0.1, 0.15) is 0 Å². The number of nitrogens with one attached hydrogen (secondary N) is 4. The van der Waals surface area contributed by atoms with Crippen LogP contribution in [0.5, 0.6) is 0 Å². The van der Waals surface area contributed by atoms with Gasteiger partial charge in [0.25, 0.3) is 0 Å². The first-order valence-corrected chi connectivity index (χ1v) is 5.71. The molecule has 4 N–H and O–H groups in total. The van der Waals surface area contributed by atoms with Crippen LogP contribution in [0.15, 0.2) is 24.8 Å². The second-order valence-corrected chi connectivity index (χ2v) is 3.18. The first-order valence-electron chi connectivity index (χ1n) is 5.71. The summed E-state index contributed by atoms with van der Waals surface area (Å²) in [6.07, 6.45) is 1.22. The third-order valence-electron chi connectivity index (χ3n) is 1.05. The van der Waals surface area contributed by atoms with E-state index < -0.39 is 0 Å². The highest BCUT2D eigenvalue weighted by molar-refractivity contribution is 5.91. The van der Waals surface area contributed by atoms with Gasteiger partial charge >= 0.3 is 0 Å². The van der Waals surface area contributed by atoms with Crippen molar-refractivity contribution < 1.29 is 9.59 Å². The van der Waals surface area contributed by atoms with E-state index in [4.69, 9.17) is 0 Å². The maximum Gasteiger partial charge on any atom is 0.246 e. The Balaban J connectivity index is -0.0000000851. The third-order valence-corrected chi connectivity index (χ3v) is 1.05. The molecule has 0 aliphatic heterocycles. The van der Waals surface area contributed by atoms with Crippen molar-refractivity contribution in [3.05, 3.63) is 24.8 Å². The van der Waals surface area contributed by atoms with Gasteiger partial charge < -0.3 is 21.3 Å². The summed E-state index contributed by atoms with van der Waals surface area (Å²) in [5, 5.41) is 10.3. The van der Waals surface area contributed by atoms with Crippen LogP contribution in [0.25, 0.3) is 0 Å². The summed E-state index contributed by atoms with van der Waals surface area (Å²) in [6.45, 7) is 8.30. The molecule has 0 aliphatic rings.